The van der Waals surface area contributed by atoms with E-state index in [1.807, 2.05) is 25.1 Å². The molecule has 0 spiro atoms. The maximum absolute atomic E-state index is 11.7. The van der Waals surface area contributed by atoms with Gasteiger partial charge in [-0.25, -0.2) is 22.7 Å². The van der Waals surface area contributed by atoms with Crippen LogP contribution in [0, 0.1) is 5.92 Å². The molecule has 118 valence electrons. The Hall–Kier alpha value is -1.25. The molecule has 1 aromatic heterocycles. The van der Waals surface area contributed by atoms with Crippen molar-refractivity contribution in [3.05, 3.63) is 18.1 Å². The standard InChI is InChI=1S/C13H23N5O2S/c1-17(2)13-7-12(15-10-16-13)6-11-8-14-4-5-18(9-11)21(3,19)20/h7,10-11,14H,4-6,8-9H2,1-3H3. The van der Waals surface area contributed by atoms with Crippen LogP contribution in [-0.4, -0.2) is 69.2 Å². The van der Waals surface area contributed by atoms with Crippen molar-refractivity contribution < 1.29 is 8.42 Å². The molecule has 0 aromatic carbocycles. The van der Waals surface area contributed by atoms with Crippen LogP contribution in [0.2, 0.25) is 0 Å². The van der Waals surface area contributed by atoms with Crippen molar-refractivity contribution in [1.82, 2.24) is 19.6 Å². The van der Waals surface area contributed by atoms with Gasteiger partial charge in [0.2, 0.25) is 10.0 Å². The second-order valence-corrected chi connectivity index (χ2v) is 7.64. The van der Waals surface area contributed by atoms with Crippen molar-refractivity contribution in [2.75, 3.05) is 51.4 Å². The highest BCUT2D eigenvalue weighted by Gasteiger charge is 2.24. The highest BCUT2D eigenvalue weighted by atomic mass is 32.2. The summed E-state index contributed by atoms with van der Waals surface area (Å²) in [7, 11) is 0.727. The Balaban J connectivity index is 2.09. The maximum Gasteiger partial charge on any atom is 0.211 e. The van der Waals surface area contributed by atoms with Crippen LogP contribution in [0.5, 0.6) is 0 Å². The number of nitrogens with zero attached hydrogens (tertiary/aromatic N) is 4. The second-order valence-electron chi connectivity index (χ2n) is 5.66. The topological polar surface area (TPSA) is 78.4 Å². The van der Waals surface area contributed by atoms with Gasteiger partial charge in [-0.3, -0.25) is 0 Å². The van der Waals surface area contributed by atoms with Crippen molar-refractivity contribution in [2.24, 2.45) is 5.92 Å². The first-order valence-electron chi connectivity index (χ1n) is 7.00. The first-order valence-corrected chi connectivity index (χ1v) is 8.85. The Kier molecular flexibility index (Phi) is 5.13. The van der Waals surface area contributed by atoms with Crippen molar-refractivity contribution in [2.45, 2.75) is 6.42 Å². The molecule has 1 aliphatic rings. The van der Waals surface area contributed by atoms with Gasteiger partial charge < -0.3 is 10.2 Å². The Morgan fingerprint density at radius 2 is 2.19 bits per heavy atom. The summed E-state index contributed by atoms with van der Waals surface area (Å²) >= 11 is 0. The van der Waals surface area contributed by atoms with Crippen molar-refractivity contribution in [1.29, 1.82) is 0 Å². The maximum atomic E-state index is 11.7. The molecule has 1 aliphatic heterocycles. The summed E-state index contributed by atoms with van der Waals surface area (Å²) in [5, 5.41) is 3.30. The molecule has 8 heteroatoms. The van der Waals surface area contributed by atoms with Gasteiger partial charge in [-0.1, -0.05) is 0 Å². The molecule has 1 saturated heterocycles. The van der Waals surface area contributed by atoms with Crippen LogP contribution < -0.4 is 10.2 Å². The van der Waals surface area contributed by atoms with E-state index in [9.17, 15) is 8.42 Å². The van der Waals surface area contributed by atoms with E-state index in [0.29, 0.717) is 19.6 Å². The first-order chi connectivity index (χ1) is 9.86. The van der Waals surface area contributed by atoms with E-state index in [0.717, 1.165) is 24.5 Å². The molecule has 1 unspecified atom stereocenters. The zero-order valence-electron chi connectivity index (χ0n) is 12.8. The number of hydrogen-bond donors (Lipinski definition) is 1. The number of anilines is 1. The summed E-state index contributed by atoms with van der Waals surface area (Å²) < 4.78 is 25.0. The Labute approximate surface area is 126 Å². The third-order valence-corrected chi connectivity index (χ3v) is 4.84. The minimum Gasteiger partial charge on any atom is -0.363 e. The average Bonchev–Trinajstić information content (AvgIpc) is 2.64. The lowest BCUT2D eigenvalue weighted by Crippen LogP contribution is -2.35. The summed E-state index contributed by atoms with van der Waals surface area (Å²) in [5.41, 5.74) is 0.941. The van der Waals surface area contributed by atoms with Crippen LogP contribution in [0.25, 0.3) is 0 Å². The molecule has 2 heterocycles. The molecule has 1 fully saturated rings. The summed E-state index contributed by atoms with van der Waals surface area (Å²) in [6.45, 7) is 2.55. The van der Waals surface area contributed by atoms with Crippen molar-refractivity contribution in [3.63, 3.8) is 0 Å². The molecule has 2 rings (SSSR count). The molecule has 1 atom stereocenters. The smallest absolute Gasteiger partial charge is 0.211 e. The Morgan fingerprint density at radius 3 is 2.86 bits per heavy atom. The largest absolute Gasteiger partial charge is 0.363 e. The molecule has 1 aromatic rings. The molecule has 7 nitrogen and oxygen atoms in total. The van der Waals surface area contributed by atoms with E-state index in [2.05, 4.69) is 15.3 Å². The SMILES string of the molecule is CN(C)c1cc(CC2CNCCN(S(C)(=O)=O)C2)ncn1. The van der Waals surface area contributed by atoms with E-state index < -0.39 is 10.0 Å². The van der Waals surface area contributed by atoms with Gasteiger partial charge in [0.25, 0.3) is 0 Å². The van der Waals surface area contributed by atoms with E-state index in [1.165, 1.54) is 6.26 Å². The molecule has 0 radical (unpaired) electrons. The Morgan fingerprint density at radius 1 is 1.43 bits per heavy atom. The van der Waals surface area contributed by atoms with Crippen molar-refractivity contribution in [3.8, 4) is 0 Å². The minimum atomic E-state index is -3.14. The van der Waals surface area contributed by atoms with Gasteiger partial charge in [0, 0.05) is 45.5 Å². The van der Waals surface area contributed by atoms with E-state index in [1.54, 1.807) is 10.6 Å². The fourth-order valence-electron chi connectivity index (χ4n) is 2.43. The molecular formula is C13H23N5O2S. The van der Waals surface area contributed by atoms with Crippen LogP contribution in [0.1, 0.15) is 5.69 Å². The van der Waals surface area contributed by atoms with Gasteiger partial charge in [0.1, 0.15) is 12.1 Å². The molecule has 1 N–H and O–H groups in total. The zero-order chi connectivity index (χ0) is 15.5. The van der Waals surface area contributed by atoms with Crippen LogP contribution >= 0.6 is 0 Å². The number of sulfonamides is 1. The van der Waals surface area contributed by atoms with Gasteiger partial charge in [-0.2, -0.15) is 0 Å². The van der Waals surface area contributed by atoms with E-state index in [4.69, 9.17) is 0 Å². The molecule has 21 heavy (non-hydrogen) atoms. The summed E-state index contributed by atoms with van der Waals surface area (Å²) in [6.07, 6.45) is 3.57. The third-order valence-electron chi connectivity index (χ3n) is 3.57. The average molecular weight is 313 g/mol. The number of rotatable bonds is 4. The van der Waals surface area contributed by atoms with Gasteiger partial charge in [-0.15, -0.1) is 0 Å². The lowest BCUT2D eigenvalue weighted by atomic mass is 10.0. The number of nitrogens with one attached hydrogen (secondary N) is 1. The molecule has 0 bridgehead atoms. The number of hydrogen-bond acceptors (Lipinski definition) is 6. The van der Waals surface area contributed by atoms with E-state index in [-0.39, 0.29) is 5.92 Å². The van der Waals surface area contributed by atoms with Gasteiger partial charge in [-0.05, 0) is 18.9 Å². The summed E-state index contributed by atoms with van der Waals surface area (Å²) in [5.74, 6) is 1.08. The van der Waals surface area contributed by atoms with Crippen LogP contribution in [0.15, 0.2) is 12.4 Å². The van der Waals surface area contributed by atoms with Gasteiger partial charge in [0.15, 0.2) is 0 Å². The molecule has 0 saturated carbocycles. The molecular weight excluding hydrogens is 290 g/mol. The predicted octanol–water partition coefficient (Wildman–Crippen LogP) is -0.434. The Bertz CT molecular complexity index is 576. The monoisotopic (exact) mass is 313 g/mol. The van der Waals surface area contributed by atoms with Crippen LogP contribution in [-0.2, 0) is 16.4 Å². The summed E-state index contributed by atoms with van der Waals surface area (Å²) in [4.78, 5) is 10.4. The third kappa shape index (κ3) is 4.62. The summed E-state index contributed by atoms with van der Waals surface area (Å²) in [6, 6.07) is 1.95. The van der Waals surface area contributed by atoms with E-state index >= 15 is 0 Å². The quantitative estimate of drug-likeness (QED) is 0.812. The van der Waals surface area contributed by atoms with Gasteiger partial charge in [0.05, 0.1) is 6.26 Å². The predicted molar refractivity (Wildman–Crippen MR) is 82.8 cm³/mol. The molecule has 0 amide bonds. The normalized spacial score (nSPS) is 21.0. The zero-order valence-corrected chi connectivity index (χ0v) is 13.6. The van der Waals surface area contributed by atoms with Gasteiger partial charge >= 0.3 is 0 Å². The fraction of sp³-hybridized carbons (Fsp3) is 0.692. The lowest BCUT2D eigenvalue weighted by molar-refractivity contribution is 0.376. The first kappa shape index (κ1) is 16.1. The fourth-order valence-corrected chi connectivity index (χ4v) is 3.33. The second kappa shape index (κ2) is 6.67. The van der Waals surface area contributed by atoms with Crippen molar-refractivity contribution >= 4 is 15.8 Å². The highest BCUT2D eigenvalue weighted by Crippen LogP contribution is 2.15. The lowest BCUT2D eigenvalue weighted by Gasteiger charge is -2.21. The molecule has 0 aliphatic carbocycles. The minimum absolute atomic E-state index is 0.215. The van der Waals surface area contributed by atoms with Crippen LogP contribution in [0.3, 0.4) is 0 Å². The number of aromatic nitrogens is 2. The van der Waals surface area contributed by atoms with Crippen LogP contribution in [0.4, 0.5) is 5.82 Å². The highest BCUT2D eigenvalue weighted by molar-refractivity contribution is 7.88.